The minimum Gasteiger partial charge on any atom is -0.395 e. The maximum atomic E-state index is 8.74. The molecule has 1 atom stereocenters. The van der Waals surface area contributed by atoms with E-state index >= 15 is 0 Å². The molecule has 0 aromatic heterocycles. The van der Waals surface area contributed by atoms with Crippen molar-refractivity contribution in [3.05, 3.63) is 12.2 Å². The lowest BCUT2D eigenvalue weighted by Gasteiger charge is -2.20. The van der Waals surface area contributed by atoms with Crippen molar-refractivity contribution in [3.8, 4) is 0 Å². The van der Waals surface area contributed by atoms with Crippen LogP contribution >= 0.6 is 0 Å². The number of nitrogens with zero attached hydrogens (tertiary/aromatic N) is 1. The van der Waals surface area contributed by atoms with Crippen molar-refractivity contribution in [1.29, 1.82) is 0 Å². The van der Waals surface area contributed by atoms with Crippen LogP contribution in [0.3, 0.4) is 0 Å². The topological polar surface area (TPSA) is 23.5 Å². The van der Waals surface area contributed by atoms with Gasteiger partial charge in [0, 0.05) is 12.6 Å². The molecule has 0 unspecified atom stereocenters. The first-order chi connectivity index (χ1) is 4.72. The molecular formula is C8H17NO. The fourth-order valence-corrected chi connectivity index (χ4v) is 0.591. The molecule has 0 fully saturated rings. The summed E-state index contributed by atoms with van der Waals surface area (Å²) in [5.41, 5.74) is 0. The fourth-order valence-electron chi connectivity index (χ4n) is 0.591. The first-order valence-corrected chi connectivity index (χ1v) is 3.64. The van der Waals surface area contributed by atoms with E-state index in [-0.39, 0.29) is 12.6 Å². The molecule has 0 aliphatic rings. The Morgan fingerprint density at radius 2 is 2.20 bits per heavy atom. The lowest BCUT2D eigenvalue weighted by atomic mass is 10.3. The predicted molar refractivity (Wildman–Crippen MR) is 44.0 cm³/mol. The number of allylic oxidation sites excluding steroid dienone is 1. The summed E-state index contributed by atoms with van der Waals surface area (Å²) >= 11 is 0. The molecule has 0 aromatic carbocycles. The van der Waals surface area contributed by atoms with Crippen molar-refractivity contribution >= 4 is 0 Å². The Morgan fingerprint density at radius 3 is 2.60 bits per heavy atom. The van der Waals surface area contributed by atoms with Gasteiger partial charge in [0.05, 0.1) is 6.61 Å². The number of aliphatic hydroxyl groups excluding tert-OH is 1. The van der Waals surface area contributed by atoms with Gasteiger partial charge in [0.2, 0.25) is 0 Å². The molecule has 1 N–H and O–H groups in total. The molecule has 0 amide bonds. The maximum absolute atomic E-state index is 8.74. The average molecular weight is 143 g/mol. The summed E-state index contributed by atoms with van der Waals surface area (Å²) < 4.78 is 0. The molecule has 0 aliphatic carbocycles. The number of likely N-dealkylation sites (N-methyl/N-ethyl adjacent to an activating group) is 1. The second kappa shape index (κ2) is 5.45. The molecule has 60 valence electrons. The predicted octanol–water partition coefficient (Wildman–Crippen LogP) is 0.875. The number of hydrogen-bond acceptors (Lipinski definition) is 2. The van der Waals surface area contributed by atoms with Gasteiger partial charge in [0.25, 0.3) is 0 Å². The monoisotopic (exact) mass is 143 g/mol. The molecule has 10 heavy (non-hydrogen) atoms. The van der Waals surface area contributed by atoms with Crippen LogP contribution in [0, 0.1) is 0 Å². The fraction of sp³-hybridized carbons (Fsp3) is 0.750. The van der Waals surface area contributed by atoms with Crippen LogP contribution in [-0.2, 0) is 0 Å². The minimum atomic E-state index is 0.230. The van der Waals surface area contributed by atoms with Gasteiger partial charge in [-0.2, -0.15) is 0 Å². The zero-order valence-corrected chi connectivity index (χ0v) is 7.04. The van der Waals surface area contributed by atoms with E-state index in [9.17, 15) is 0 Å². The summed E-state index contributed by atoms with van der Waals surface area (Å²) in [6, 6.07) is 0.260. The van der Waals surface area contributed by atoms with Crippen LogP contribution in [-0.4, -0.2) is 36.2 Å². The lowest BCUT2D eigenvalue weighted by Crippen LogP contribution is -2.31. The maximum Gasteiger partial charge on any atom is 0.0584 e. The van der Waals surface area contributed by atoms with Gasteiger partial charge in [-0.3, -0.25) is 4.90 Å². The summed E-state index contributed by atoms with van der Waals surface area (Å²) in [6.07, 6.45) is 4.09. The Kier molecular flexibility index (Phi) is 5.26. The molecule has 0 aliphatic heterocycles. The van der Waals surface area contributed by atoms with E-state index in [1.54, 1.807) is 0 Å². The molecular weight excluding hydrogens is 126 g/mol. The van der Waals surface area contributed by atoms with Crippen molar-refractivity contribution in [2.24, 2.45) is 0 Å². The standard InChI is InChI=1S/C8H17NO/c1-4-5-6-9(3)8(2)7-10/h4-5,8,10H,6-7H2,1-3H3/b5-4+/t8-/m0/s1. The molecule has 0 bridgehead atoms. The van der Waals surface area contributed by atoms with Gasteiger partial charge in [0.1, 0.15) is 0 Å². The van der Waals surface area contributed by atoms with E-state index < -0.39 is 0 Å². The third-order valence-corrected chi connectivity index (χ3v) is 1.65. The van der Waals surface area contributed by atoms with Crippen LogP contribution in [0.2, 0.25) is 0 Å². The molecule has 0 saturated carbocycles. The highest BCUT2D eigenvalue weighted by Gasteiger charge is 2.03. The second-order valence-electron chi connectivity index (χ2n) is 2.54. The number of rotatable bonds is 4. The molecule has 2 heteroatoms. The summed E-state index contributed by atoms with van der Waals surface area (Å²) in [4.78, 5) is 2.10. The Labute approximate surface area is 63.2 Å². The van der Waals surface area contributed by atoms with Gasteiger partial charge >= 0.3 is 0 Å². The van der Waals surface area contributed by atoms with Crippen molar-refractivity contribution in [1.82, 2.24) is 4.90 Å². The van der Waals surface area contributed by atoms with Gasteiger partial charge < -0.3 is 5.11 Å². The van der Waals surface area contributed by atoms with Crippen LogP contribution in [0.5, 0.6) is 0 Å². The van der Waals surface area contributed by atoms with Gasteiger partial charge in [-0.1, -0.05) is 12.2 Å². The SMILES string of the molecule is C/C=C/CN(C)[C@@H](C)CO. The quantitative estimate of drug-likeness (QED) is 0.590. The first kappa shape index (κ1) is 9.66. The Morgan fingerprint density at radius 1 is 1.60 bits per heavy atom. The Bertz CT molecular complexity index is 101. The highest BCUT2D eigenvalue weighted by molar-refractivity contribution is 4.81. The molecule has 0 aromatic rings. The number of aliphatic hydroxyl groups is 1. The van der Waals surface area contributed by atoms with Gasteiger partial charge in [0.15, 0.2) is 0 Å². The average Bonchev–Trinajstić information content (AvgIpc) is 1.98. The van der Waals surface area contributed by atoms with Crippen molar-refractivity contribution in [2.45, 2.75) is 19.9 Å². The second-order valence-corrected chi connectivity index (χ2v) is 2.54. The third-order valence-electron chi connectivity index (χ3n) is 1.65. The molecule has 0 spiro atoms. The van der Waals surface area contributed by atoms with E-state index in [4.69, 9.17) is 5.11 Å². The van der Waals surface area contributed by atoms with Gasteiger partial charge in [-0.25, -0.2) is 0 Å². The van der Waals surface area contributed by atoms with Crippen molar-refractivity contribution in [3.63, 3.8) is 0 Å². The minimum absolute atomic E-state index is 0.230. The first-order valence-electron chi connectivity index (χ1n) is 3.64. The Hall–Kier alpha value is -0.340. The van der Waals surface area contributed by atoms with E-state index in [1.807, 2.05) is 27.0 Å². The van der Waals surface area contributed by atoms with Crippen LogP contribution in [0.25, 0.3) is 0 Å². The highest BCUT2D eigenvalue weighted by atomic mass is 16.3. The molecule has 2 nitrogen and oxygen atoms in total. The molecule has 0 heterocycles. The van der Waals surface area contributed by atoms with Crippen molar-refractivity contribution < 1.29 is 5.11 Å². The van der Waals surface area contributed by atoms with Crippen molar-refractivity contribution in [2.75, 3.05) is 20.2 Å². The summed E-state index contributed by atoms with van der Waals surface area (Å²) in [7, 11) is 2.00. The van der Waals surface area contributed by atoms with Gasteiger partial charge in [-0.05, 0) is 20.9 Å². The molecule has 0 saturated heterocycles. The summed E-state index contributed by atoms with van der Waals surface area (Å²) in [5, 5.41) is 8.74. The zero-order valence-electron chi connectivity index (χ0n) is 7.04. The lowest BCUT2D eigenvalue weighted by molar-refractivity contribution is 0.170. The Balaban J connectivity index is 3.50. The summed E-state index contributed by atoms with van der Waals surface area (Å²) in [6.45, 7) is 5.15. The van der Waals surface area contributed by atoms with E-state index in [1.165, 1.54) is 0 Å². The highest BCUT2D eigenvalue weighted by Crippen LogP contribution is 1.92. The zero-order chi connectivity index (χ0) is 7.98. The van der Waals surface area contributed by atoms with Crippen LogP contribution < -0.4 is 0 Å². The normalized spacial score (nSPS) is 14.9. The molecule has 0 radical (unpaired) electrons. The summed E-state index contributed by atoms with van der Waals surface area (Å²) in [5.74, 6) is 0. The number of hydrogen-bond donors (Lipinski definition) is 1. The molecule has 0 rings (SSSR count). The smallest absolute Gasteiger partial charge is 0.0584 e. The van der Waals surface area contributed by atoms with Gasteiger partial charge in [-0.15, -0.1) is 0 Å². The van der Waals surface area contributed by atoms with E-state index in [2.05, 4.69) is 11.0 Å². The largest absolute Gasteiger partial charge is 0.395 e. The van der Waals surface area contributed by atoms with E-state index in [0.29, 0.717) is 0 Å². The van der Waals surface area contributed by atoms with E-state index in [0.717, 1.165) is 6.54 Å². The van der Waals surface area contributed by atoms with Crippen LogP contribution in [0.15, 0.2) is 12.2 Å². The third kappa shape index (κ3) is 3.64. The van der Waals surface area contributed by atoms with Crippen LogP contribution in [0.4, 0.5) is 0 Å². The van der Waals surface area contributed by atoms with Crippen LogP contribution in [0.1, 0.15) is 13.8 Å².